The van der Waals surface area contributed by atoms with Gasteiger partial charge in [-0.3, -0.25) is 4.79 Å². The molecule has 0 bridgehead atoms. The third kappa shape index (κ3) is 4.26. The standard InChI is InChI=1S/C20H27N5OS2/c1-5-13-7-8-14-15(10-21)19(28-16(14)9-13)22-18(26)11-27-20-24-23-17(6-2)25(20)12(3)4/h12-13H,5-9,11H2,1-4H3,(H,22,26). The van der Waals surface area contributed by atoms with Crippen LogP contribution >= 0.6 is 23.1 Å². The van der Waals surface area contributed by atoms with Crippen LogP contribution in [0.25, 0.3) is 0 Å². The largest absolute Gasteiger partial charge is 0.316 e. The molecule has 0 saturated heterocycles. The van der Waals surface area contributed by atoms with Gasteiger partial charge in [0.2, 0.25) is 5.91 Å². The molecule has 0 aliphatic heterocycles. The molecule has 150 valence electrons. The fourth-order valence-corrected chi connectivity index (χ4v) is 5.88. The second-order valence-electron chi connectivity index (χ2n) is 7.39. The van der Waals surface area contributed by atoms with Crippen molar-refractivity contribution < 1.29 is 4.79 Å². The number of carbonyl (C=O) groups excluding carboxylic acids is 1. The lowest BCUT2D eigenvalue weighted by molar-refractivity contribution is -0.113. The maximum atomic E-state index is 12.6. The molecule has 28 heavy (non-hydrogen) atoms. The second kappa shape index (κ2) is 9.10. The average Bonchev–Trinajstić information content (AvgIpc) is 3.25. The van der Waals surface area contributed by atoms with Crippen LogP contribution in [-0.2, 0) is 24.1 Å². The van der Waals surface area contributed by atoms with Gasteiger partial charge in [-0.1, -0.05) is 32.0 Å². The number of amides is 1. The molecule has 3 rings (SSSR count). The van der Waals surface area contributed by atoms with Gasteiger partial charge in [0.25, 0.3) is 0 Å². The number of aryl methyl sites for hydroxylation is 1. The highest BCUT2D eigenvalue weighted by atomic mass is 32.2. The van der Waals surface area contributed by atoms with Crippen molar-refractivity contribution in [3.8, 4) is 6.07 Å². The van der Waals surface area contributed by atoms with E-state index in [1.807, 2.05) is 0 Å². The van der Waals surface area contributed by atoms with Gasteiger partial charge < -0.3 is 9.88 Å². The third-order valence-corrected chi connectivity index (χ3v) is 7.32. The Hall–Kier alpha value is -1.85. The van der Waals surface area contributed by atoms with Gasteiger partial charge in [-0.05, 0) is 44.6 Å². The molecule has 2 heterocycles. The van der Waals surface area contributed by atoms with Crippen LogP contribution in [-0.4, -0.2) is 26.4 Å². The summed E-state index contributed by atoms with van der Waals surface area (Å²) in [6.07, 6.45) is 5.06. The van der Waals surface area contributed by atoms with Crippen molar-refractivity contribution in [3.05, 3.63) is 21.8 Å². The van der Waals surface area contributed by atoms with Crippen LogP contribution in [0.4, 0.5) is 5.00 Å². The Morgan fingerprint density at radius 2 is 2.21 bits per heavy atom. The van der Waals surface area contributed by atoms with E-state index in [1.54, 1.807) is 11.3 Å². The molecule has 0 saturated carbocycles. The highest BCUT2D eigenvalue weighted by Gasteiger charge is 2.26. The molecule has 0 radical (unpaired) electrons. The first-order chi connectivity index (χ1) is 13.5. The molecule has 6 nitrogen and oxygen atoms in total. The first-order valence-electron chi connectivity index (χ1n) is 9.89. The van der Waals surface area contributed by atoms with Crippen LogP contribution in [0.1, 0.15) is 68.4 Å². The lowest BCUT2D eigenvalue weighted by Crippen LogP contribution is -2.15. The number of fused-ring (bicyclic) bond motifs is 1. The Bertz CT molecular complexity index is 893. The summed E-state index contributed by atoms with van der Waals surface area (Å²) in [5.41, 5.74) is 1.80. The molecule has 2 aromatic rings. The van der Waals surface area contributed by atoms with Gasteiger partial charge in [-0.2, -0.15) is 5.26 Å². The third-order valence-electron chi connectivity index (χ3n) is 5.21. The van der Waals surface area contributed by atoms with Gasteiger partial charge in [-0.25, -0.2) is 0 Å². The quantitative estimate of drug-likeness (QED) is 0.666. The predicted molar refractivity (Wildman–Crippen MR) is 114 cm³/mol. The number of aromatic nitrogens is 3. The molecular weight excluding hydrogens is 390 g/mol. The van der Waals surface area contributed by atoms with E-state index in [4.69, 9.17) is 0 Å². The van der Waals surface area contributed by atoms with Crippen molar-refractivity contribution in [1.82, 2.24) is 14.8 Å². The fraction of sp³-hybridized carbons (Fsp3) is 0.600. The molecule has 1 N–H and O–H groups in total. The summed E-state index contributed by atoms with van der Waals surface area (Å²) in [6.45, 7) is 8.44. The van der Waals surface area contributed by atoms with Crippen LogP contribution < -0.4 is 5.32 Å². The number of nitrogens with zero attached hydrogens (tertiary/aromatic N) is 4. The summed E-state index contributed by atoms with van der Waals surface area (Å²) in [6, 6.07) is 2.56. The van der Waals surface area contributed by atoms with Crippen LogP contribution in [0.5, 0.6) is 0 Å². The lowest BCUT2D eigenvalue weighted by atomic mass is 9.86. The number of carbonyl (C=O) groups is 1. The number of rotatable bonds is 7. The van der Waals surface area contributed by atoms with Gasteiger partial charge in [-0.15, -0.1) is 21.5 Å². The molecule has 0 aromatic carbocycles. The van der Waals surface area contributed by atoms with Gasteiger partial charge in [0, 0.05) is 17.3 Å². The Morgan fingerprint density at radius 3 is 2.86 bits per heavy atom. The van der Waals surface area contributed by atoms with Crippen molar-refractivity contribution >= 4 is 34.0 Å². The number of hydrogen-bond acceptors (Lipinski definition) is 6. The van der Waals surface area contributed by atoms with E-state index in [0.29, 0.717) is 16.5 Å². The van der Waals surface area contributed by atoms with Crippen LogP contribution in [0.3, 0.4) is 0 Å². The molecule has 0 fully saturated rings. The van der Waals surface area contributed by atoms with Gasteiger partial charge >= 0.3 is 0 Å². The molecule has 1 unspecified atom stereocenters. The van der Waals surface area contributed by atoms with E-state index < -0.39 is 0 Å². The van der Waals surface area contributed by atoms with Crippen molar-refractivity contribution in [2.24, 2.45) is 5.92 Å². The Morgan fingerprint density at radius 1 is 1.43 bits per heavy atom. The predicted octanol–water partition coefficient (Wildman–Crippen LogP) is 4.60. The Kier molecular flexibility index (Phi) is 6.78. The van der Waals surface area contributed by atoms with E-state index in [2.05, 4.69) is 53.8 Å². The van der Waals surface area contributed by atoms with Crippen LogP contribution in [0, 0.1) is 17.2 Å². The first-order valence-corrected chi connectivity index (χ1v) is 11.7. The minimum absolute atomic E-state index is 0.108. The Balaban J connectivity index is 1.69. The minimum Gasteiger partial charge on any atom is -0.316 e. The van der Waals surface area contributed by atoms with E-state index in [1.165, 1.54) is 16.6 Å². The minimum atomic E-state index is -0.108. The van der Waals surface area contributed by atoms with E-state index in [9.17, 15) is 10.1 Å². The van der Waals surface area contributed by atoms with Crippen molar-refractivity contribution in [3.63, 3.8) is 0 Å². The number of hydrogen-bond donors (Lipinski definition) is 1. The van der Waals surface area contributed by atoms with Gasteiger partial charge in [0.1, 0.15) is 16.9 Å². The SMILES string of the molecule is CCc1nnc(SCC(=O)Nc2sc3c(c2C#N)CCC(CC)C3)n1C(C)C. The fourth-order valence-electron chi connectivity index (χ4n) is 3.67. The number of nitriles is 1. The second-order valence-corrected chi connectivity index (χ2v) is 9.44. The number of thioether (sulfide) groups is 1. The summed E-state index contributed by atoms with van der Waals surface area (Å²) < 4.78 is 2.08. The molecule has 1 aliphatic rings. The molecule has 1 atom stereocenters. The van der Waals surface area contributed by atoms with Gasteiger partial charge in [0.15, 0.2) is 5.16 Å². The zero-order chi connectivity index (χ0) is 20.3. The maximum Gasteiger partial charge on any atom is 0.235 e. The van der Waals surface area contributed by atoms with Crippen LogP contribution in [0.2, 0.25) is 0 Å². The van der Waals surface area contributed by atoms with E-state index in [-0.39, 0.29) is 17.7 Å². The van der Waals surface area contributed by atoms with E-state index >= 15 is 0 Å². The molecule has 2 aromatic heterocycles. The summed E-state index contributed by atoms with van der Waals surface area (Å²) >= 11 is 2.96. The molecule has 0 spiro atoms. The normalized spacial score (nSPS) is 16.1. The monoisotopic (exact) mass is 417 g/mol. The Labute approximate surface area is 174 Å². The summed E-state index contributed by atoms with van der Waals surface area (Å²) in [5.74, 6) is 1.76. The zero-order valence-electron chi connectivity index (χ0n) is 16.9. The molecule has 1 amide bonds. The highest BCUT2D eigenvalue weighted by Crippen LogP contribution is 2.40. The van der Waals surface area contributed by atoms with Crippen molar-refractivity contribution in [1.29, 1.82) is 5.26 Å². The molecular formula is C20H27N5OS2. The van der Waals surface area contributed by atoms with E-state index in [0.717, 1.165) is 48.6 Å². The smallest absolute Gasteiger partial charge is 0.235 e. The average molecular weight is 418 g/mol. The van der Waals surface area contributed by atoms with Crippen LogP contribution in [0.15, 0.2) is 5.16 Å². The summed E-state index contributed by atoms with van der Waals surface area (Å²) in [4.78, 5) is 13.8. The number of nitrogens with one attached hydrogen (secondary N) is 1. The number of thiophene rings is 1. The maximum absolute atomic E-state index is 12.6. The summed E-state index contributed by atoms with van der Waals surface area (Å²) in [5, 5.41) is 22.5. The van der Waals surface area contributed by atoms with Gasteiger partial charge in [0.05, 0.1) is 11.3 Å². The van der Waals surface area contributed by atoms with Crippen molar-refractivity contribution in [2.75, 3.05) is 11.1 Å². The number of anilines is 1. The topological polar surface area (TPSA) is 83.6 Å². The first kappa shape index (κ1) is 20.9. The zero-order valence-corrected chi connectivity index (χ0v) is 18.5. The van der Waals surface area contributed by atoms with Crippen molar-refractivity contribution in [2.45, 2.75) is 71.0 Å². The molecule has 1 aliphatic carbocycles. The highest BCUT2D eigenvalue weighted by molar-refractivity contribution is 7.99. The molecule has 8 heteroatoms. The lowest BCUT2D eigenvalue weighted by Gasteiger charge is -2.20. The summed E-state index contributed by atoms with van der Waals surface area (Å²) in [7, 11) is 0.